The summed E-state index contributed by atoms with van der Waals surface area (Å²) in [7, 11) is 1.67. The zero-order chi connectivity index (χ0) is 19.7. The number of rotatable bonds is 5. The van der Waals surface area contributed by atoms with Gasteiger partial charge in [0.25, 0.3) is 5.56 Å². The van der Waals surface area contributed by atoms with E-state index in [1.165, 1.54) is 21.9 Å². The smallest absolute Gasteiger partial charge is 0.262 e. The minimum Gasteiger partial charge on any atom is -0.351 e. The van der Waals surface area contributed by atoms with Crippen LogP contribution in [0.25, 0.3) is 16.7 Å². The van der Waals surface area contributed by atoms with E-state index in [0.717, 1.165) is 11.1 Å². The highest BCUT2D eigenvalue weighted by molar-refractivity contribution is 7.99. The lowest BCUT2D eigenvalue weighted by atomic mass is 10.1. The lowest BCUT2D eigenvalue weighted by molar-refractivity contribution is -0.118. The van der Waals surface area contributed by atoms with Crippen LogP contribution in [-0.4, -0.2) is 30.8 Å². The van der Waals surface area contributed by atoms with Crippen molar-refractivity contribution in [2.75, 3.05) is 5.75 Å². The summed E-state index contributed by atoms with van der Waals surface area (Å²) in [6.45, 7) is 2.51. The predicted molar refractivity (Wildman–Crippen MR) is 109 cm³/mol. The molecule has 4 rings (SSSR count). The molecule has 0 bridgehead atoms. The van der Waals surface area contributed by atoms with Crippen LogP contribution in [0.15, 0.2) is 58.5 Å². The van der Waals surface area contributed by atoms with Crippen LogP contribution in [0.4, 0.5) is 0 Å². The van der Waals surface area contributed by atoms with E-state index < -0.39 is 0 Å². The Morgan fingerprint density at radius 3 is 2.64 bits per heavy atom. The van der Waals surface area contributed by atoms with Crippen molar-refractivity contribution in [2.24, 2.45) is 7.05 Å². The lowest BCUT2D eigenvalue weighted by Gasteiger charge is -2.08. The van der Waals surface area contributed by atoms with E-state index in [4.69, 9.17) is 0 Å². The third kappa shape index (κ3) is 3.38. The maximum Gasteiger partial charge on any atom is 0.262 e. The molecular formula is C20H19N5O2S. The molecule has 2 aromatic heterocycles. The molecular weight excluding hydrogens is 374 g/mol. The summed E-state index contributed by atoms with van der Waals surface area (Å²) >= 11 is 1.29. The van der Waals surface area contributed by atoms with Gasteiger partial charge in [0, 0.05) is 13.6 Å². The third-order valence-corrected chi connectivity index (χ3v) is 5.47. The molecule has 8 heteroatoms. The van der Waals surface area contributed by atoms with E-state index in [0.29, 0.717) is 22.9 Å². The third-order valence-electron chi connectivity index (χ3n) is 4.54. The molecule has 2 aromatic carbocycles. The zero-order valence-electron chi connectivity index (χ0n) is 15.5. The van der Waals surface area contributed by atoms with Crippen molar-refractivity contribution in [3.05, 3.63) is 70.0 Å². The van der Waals surface area contributed by atoms with Crippen molar-refractivity contribution in [3.8, 4) is 0 Å². The molecule has 0 aliphatic rings. The van der Waals surface area contributed by atoms with Crippen LogP contribution in [0.3, 0.4) is 0 Å². The Bertz CT molecular complexity index is 1230. The summed E-state index contributed by atoms with van der Waals surface area (Å²) in [5, 5.41) is 12.4. The Morgan fingerprint density at radius 2 is 1.86 bits per heavy atom. The Hall–Kier alpha value is -3.13. The quantitative estimate of drug-likeness (QED) is 0.526. The van der Waals surface area contributed by atoms with Crippen LogP contribution in [0.2, 0.25) is 0 Å². The summed E-state index contributed by atoms with van der Waals surface area (Å²) in [5.74, 6) is 0.576. The second-order valence-corrected chi connectivity index (χ2v) is 7.49. The number of hydrogen-bond acceptors (Lipinski definition) is 5. The van der Waals surface area contributed by atoms with Gasteiger partial charge in [0.1, 0.15) is 0 Å². The number of fused-ring (bicyclic) bond motifs is 3. The molecule has 0 saturated heterocycles. The largest absolute Gasteiger partial charge is 0.351 e. The van der Waals surface area contributed by atoms with E-state index in [1.807, 2.05) is 53.8 Å². The number of thioether (sulfide) groups is 1. The fraction of sp³-hybridized carbons (Fsp3) is 0.200. The van der Waals surface area contributed by atoms with Crippen LogP contribution < -0.4 is 10.9 Å². The van der Waals surface area contributed by atoms with Crippen LogP contribution in [-0.2, 0) is 18.4 Å². The number of para-hydroxylation sites is 1. The van der Waals surface area contributed by atoms with Crippen molar-refractivity contribution in [2.45, 2.75) is 18.6 Å². The lowest BCUT2D eigenvalue weighted by Crippen LogP contribution is -2.24. The number of aromatic nitrogens is 4. The second-order valence-electron chi connectivity index (χ2n) is 6.55. The summed E-state index contributed by atoms with van der Waals surface area (Å²) in [6, 6.07) is 15.4. The van der Waals surface area contributed by atoms with Gasteiger partial charge in [-0.1, -0.05) is 53.7 Å². The summed E-state index contributed by atoms with van der Waals surface area (Å²) in [6.07, 6.45) is 0. The molecule has 1 amide bonds. The number of hydrogen-bond donors (Lipinski definition) is 1. The highest BCUT2D eigenvalue weighted by atomic mass is 32.2. The van der Waals surface area contributed by atoms with Gasteiger partial charge in [0.15, 0.2) is 5.16 Å². The number of amides is 1. The molecule has 0 atom stereocenters. The number of aryl methyl sites for hydroxylation is 2. The number of nitrogens with one attached hydrogen (secondary N) is 1. The zero-order valence-corrected chi connectivity index (χ0v) is 16.4. The van der Waals surface area contributed by atoms with Gasteiger partial charge in [-0.25, -0.2) is 0 Å². The van der Waals surface area contributed by atoms with Gasteiger partial charge in [-0.15, -0.1) is 10.2 Å². The minimum absolute atomic E-state index is 0.0866. The van der Waals surface area contributed by atoms with Gasteiger partial charge < -0.3 is 5.32 Å². The SMILES string of the molecule is Cc1ccc(CNC(=O)CSc2nnc3n(C)c(=O)c4ccccc4n23)cc1. The van der Waals surface area contributed by atoms with Gasteiger partial charge in [-0.3, -0.25) is 18.6 Å². The van der Waals surface area contributed by atoms with Gasteiger partial charge in [0.2, 0.25) is 11.7 Å². The van der Waals surface area contributed by atoms with Crippen molar-refractivity contribution >= 4 is 34.3 Å². The number of carbonyl (C=O) groups excluding carboxylic acids is 1. The maximum absolute atomic E-state index is 12.5. The average Bonchev–Trinajstić information content (AvgIpc) is 3.14. The van der Waals surface area contributed by atoms with E-state index in [9.17, 15) is 9.59 Å². The molecule has 7 nitrogen and oxygen atoms in total. The van der Waals surface area contributed by atoms with Crippen LogP contribution in [0.5, 0.6) is 0 Å². The molecule has 28 heavy (non-hydrogen) atoms. The molecule has 142 valence electrons. The highest BCUT2D eigenvalue weighted by Gasteiger charge is 2.15. The van der Waals surface area contributed by atoms with E-state index >= 15 is 0 Å². The van der Waals surface area contributed by atoms with Crippen LogP contribution >= 0.6 is 11.8 Å². The Balaban J connectivity index is 1.53. The van der Waals surface area contributed by atoms with Crippen molar-refractivity contribution in [1.29, 1.82) is 0 Å². The fourth-order valence-corrected chi connectivity index (χ4v) is 3.76. The minimum atomic E-state index is -0.122. The standard InChI is InChI=1S/C20H19N5O2S/c1-13-7-9-14(10-8-13)11-21-17(26)12-28-20-23-22-19-24(2)18(27)15-5-3-4-6-16(15)25(19)20/h3-10H,11-12H2,1-2H3,(H,21,26). The molecule has 0 spiro atoms. The molecule has 0 saturated carbocycles. The van der Waals surface area contributed by atoms with Crippen molar-refractivity contribution in [3.63, 3.8) is 0 Å². The topological polar surface area (TPSA) is 81.3 Å². The predicted octanol–water partition coefficient (Wildman–Crippen LogP) is 2.30. The molecule has 0 fully saturated rings. The highest BCUT2D eigenvalue weighted by Crippen LogP contribution is 2.21. The molecule has 0 aliphatic heterocycles. The Labute approximate surface area is 165 Å². The first kappa shape index (κ1) is 18.2. The molecule has 4 aromatic rings. The maximum atomic E-state index is 12.5. The van der Waals surface area contributed by atoms with Crippen molar-refractivity contribution in [1.82, 2.24) is 24.5 Å². The first-order valence-corrected chi connectivity index (χ1v) is 9.81. The van der Waals surface area contributed by atoms with E-state index in [-0.39, 0.29) is 17.2 Å². The fourth-order valence-electron chi connectivity index (χ4n) is 2.99. The monoisotopic (exact) mass is 393 g/mol. The van der Waals surface area contributed by atoms with E-state index in [1.54, 1.807) is 13.1 Å². The molecule has 1 N–H and O–H groups in total. The van der Waals surface area contributed by atoms with Crippen LogP contribution in [0, 0.1) is 6.92 Å². The molecule has 0 aliphatic carbocycles. The first-order chi connectivity index (χ1) is 13.5. The molecule has 2 heterocycles. The normalized spacial score (nSPS) is 11.2. The average molecular weight is 393 g/mol. The summed E-state index contributed by atoms with van der Waals surface area (Å²) in [4.78, 5) is 24.7. The molecule has 0 unspecified atom stereocenters. The Morgan fingerprint density at radius 1 is 1.11 bits per heavy atom. The summed E-state index contributed by atoms with van der Waals surface area (Å²) < 4.78 is 3.28. The van der Waals surface area contributed by atoms with Gasteiger partial charge in [-0.05, 0) is 24.6 Å². The van der Waals surface area contributed by atoms with Gasteiger partial charge in [-0.2, -0.15) is 0 Å². The Kier molecular flexibility index (Phi) is 4.87. The number of benzene rings is 2. The number of carbonyl (C=O) groups is 1. The van der Waals surface area contributed by atoms with Gasteiger partial charge in [0.05, 0.1) is 16.7 Å². The second kappa shape index (κ2) is 7.47. The van der Waals surface area contributed by atoms with Crippen LogP contribution in [0.1, 0.15) is 11.1 Å². The summed E-state index contributed by atoms with van der Waals surface area (Å²) in [5.41, 5.74) is 2.85. The first-order valence-electron chi connectivity index (χ1n) is 8.82. The molecule has 0 radical (unpaired) electrons. The number of nitrogens with zero attached hydrogens (tertiary/aromatic N) is 4. The van der Waals surface area contributed by atoms with Gasteiger partial charge >= 0.3 is 0 Å². The van der Waals surface area contributed by atoms with Crippen molar-refractivity contribution < 1.29 is 4.79 Å². The van der Waals surface area contributed by atoms with E-state index in [2.05, 4.69) is 15.5 Å².